The van der Waals surface area contributed by atoms with Crippen molar-refractivity contribution in [3.05, 3.63) is 53.6 Å². The van der Waals surface area contributed by atoms with Crippen LogP contribution in [0.5, 0.6) is 5.75 Å². The van der Waals surface area contributed by atoms with Crippen molar-refractivity contribution in [1.82, 2.24) is 4.90 Å². The lowest BCUT2D eigenvalue weighted by Crippen LogP contribution is -2.50. The van der Waals surface area contributed by atoms with Crippen molar-refractivity contribution in [3.8, 4) is 5.75 Å². The van der Waals surface area contributed by atoms with Crippen molar-refractivity contribution in [2.45, 2.75) is 56.6 Å². The van der Waals surface area contributed by atoms with Gasteiger partial charge in [-0.25, -0.2) is 4.99 Å². The van der Waals surface area contributed by atoms with Gasteiger partial charge in [0.25, 0.3) is 0 Å². The molecule has 0 unspecified atom stereocenters. The number of anilines is 1. The molecule has 1 N–H and O–H groups in total. The lowest BCUT2D eigenvalue weighted by Gasteiger charge is -2.57. The van der Waals surface area contributed by atoms with Crippen LogP contribution >= 0.6 is 23.4 Å². The minimum atomic E-state index is -0.550. The molecular weight excluding hydrogens is 518 g/mol. The molecule has 200 valence electrons. The molecule has 5 aliphatic rings. The van der Waals surface area contributed by atoms with E-state index in [4.69, 9.17) is 21.3 Å². The lowest BCUT2D eigenvalue weighted by atomic mass is 9.49. The molecule has 2 aromatic carbocycles. The first-order valence-electron chi connectivity index (χ1n) is 13.6. The fraction of sp³-hybridized carbons (Fsp3) is 0.500. The molecule has 1 saturated heterocycles. The summed E-state index contributed by atoms with van der Waals surface area (Å²) in [4.78, 5) is 33.4. The van der Waals surface area contributed by atoms with Crippen LogP contribution in [0, 0.1) is 23.2 Å². The molecule has 4 bridgehead atoms. The van der Waals surface area contributed by atoms with Crippen molar-refractivity contribution in [2.24, 2.45) is 28.2 Å². The van der Waals surface area contributed by atoms with Crippen LogP contribution in [0.2, 0.25) is 5.02 Å². The second kappa shape index (κ2) is 10.6. The van der Waals surface area contributed by atoms with E-state index in [0.29, 0.717) is 27.8 Å². The van der Waals surface area contributed by atoms with Crippen LogP contribution < -0.4 is 10.1 Å². The SMILES string of the molecule is COc1ccc(NC(=O)[C@@H]2CC(=O)N(CCC34CC5CC(CC(C5)C3)C4)C(=Nc3ccc(Cl)cc3)S2)cc1. The van der Waals surface area contributed by atoms with Crippen molar-refractivity contribution in [2.75, 3.05) is 19.0 Å². The van der Waals surface area contributed by atoms with Gasteiger partial charge >= 0.3 is 0 Å². The zero-order chi connectivity index (χ0) is 26.3. The molecule has 4 saturated carbocycles. The van der Waals surface area contributed by atoms with Gasteiger partial charge in [-0.05, 0) is 117 Å². The van der Waals surface area contributed by atoms with Gasteiger partial charge in [-0.3, -0.25) is 14.5 Å². The number of amides is 2. The second-order valence-electron chi connectivity index (χ2n) is 11.6. The lowest BCUT2D eigenvalue weighted by molar-refractivity contribution is -0.130. The average Bonchev–Trinajstić information content (AvgIpc) is 2.89. The summed E-state index contributed by atoms with van der Waals surface area (Å²) in [5.74, 6) is 3.12. The van der Waals surface area contributed by atoms with Crippen LogP contribution in [-0.4, -0.2) is 40.8 Å². The van der Waals surface area contributed by atoms with Crippen LogP contribution in [0.4, 0.5) is 11.4 Å². The first-order chi connectivity index (χ1) is 18.4. The normalized spacial score (nSPS) is 31.1. The molecule has 7 rings (SSSR count). The predicted molar refractivity (Wildman–Crippen MR) is 153 cm³/mol. The van der Waals surface area contributed by atoms with Crippen molar-refractivity contribution in [1.29, 1.82) is 0 Å². The van der Waals surface area contributed by atoms with Gasteiger partial charge in [0, 0.05) is 23.7 Å². The summed E-state index contributed by atoms with van der Waals surface area (Å²) in [6, 6.07) is 14.5. The molecule has 38 heavy (non-hydrogen) atoms. The molecule has 8 heteroatoms. The zero-order valence-electron chi connectivity index (χ0n) is 21.7. The van der Waals surface area contributed by atoms with Gasteiger partial charge < -0.3 is 10.1 Å². The van der Waals surface area contributed by atoms with Crippen molar-refractivity contribution >= 4 is 51.7 Å². The fourth-order valence-corrected chi connectivity index (χ4v) is 8.78. The Morgan fingerprint density at radius 3 is 2.29 bits per heavy atom. The summed E-state index contributed by atoms with van der Waals surface area (Å²) < 4.78 is 5.20. The largest absolute Gasteiger partial charge is 0.497 e. The Kier molecular flexibility index (Phi) is 7.16. The van der Waals surface area contributed by atoms with Gasteiger partial charge in [0.1, 0.15) is 11.0 Å². The van der Waals surface area contributed by atoms with Crippen molar-refractivity contribution in [3.63, 3.8) is 0 Å². The van der Waals surface area contributed by atoms with Crippen LogP contribution in [0.3, 0.4) is 0 Å². The van der Waals surface area contributed by atoms with E-state index in [1.54, 1.807) is 43.5 Å². The van der Waals surface area contributed by atoms with Crippen LogP contribution in [0.15, 0.2) is 53.5 Å². The first-order valence-corrected chi connectivity index (χ1v) is 14.9. The van der Waals surface area contributed by atoms with E-state index in [0.717, 1.165) is 35.6 Å². The summed E-state index contributed by atoms with van der Waals surface area (Å²) in [5, 5.41) is 3.64. The molecule has 0 radical (unpaired) electrons. The number of nitrogens with one attached hydrogen (secondary N) is 1. The maximum Gasteiger partial charge on any atom is 0.238 e. The molecule has 6 nitrogen and oxygen atoms in total. The standard InChI is InChI=1S/C30H34ClN3O3S/c1-37-25-8-6-23(7-9-25)32-28(36)26-15-27(35)34(29(38-26)33-24-4-2-22(31)3-5-24)11-10-30-16-19-12-20(17-30)14-21(13-19)18-30/h2-9,19-21,26H,10-18H2,1H3,(H,32,36)/t19?,20?,21?,26-,30?/m0/s1. The van der Waals surface area contributed by atoms with Crippen LogP contribution in [0.25, 0.3) is 0 Å². The minimum Gasteiger partial charge on any atom is -0.497 e. The Morgan fingerprint density at radius 1 is 1.05 bits per heavy atom. The maximum atomic E-state index is 13.5. The van der Waals surface area contributed by atoms with E-state index in [-0.39, 0.29) is 18.2 Å². The summed E-state index contributed by atoms with van der Waals surface area (Å²) in [6.07, 6.45) is 9.34. The molecule has 1 atom stereocenters. The van der Waals surface area contributed by atoms with Crippen LogP contribution in [-0.2, 0) is 9.59 Å². The molecule has 2 amide bonds. The Balaban J connectivity index is 1.20. The third kappa shape index (κ3) is 5.46. The minimum absolute atomic E-state index is 0.0314. The van der Waals surface area contributed by atoms with Gasteiger partial charge in [0.15, 0.2) is 5.17 Å². The van der Waals surface area contributed by atoms with Crippen LogP contribution in [0.1, 0.15) is 51.4 Å². The summed E-state index contributed by atoms with van der Waals surface area (Å²) in [6.45, 7) is 0.664. The first kappa shape index (κ1) is 25.8. The number of hydrogen-bond donors (Lipinski definition) is 1. The Bertz CT molecular complexity index is 1200. The third-order valence-corrected chi connectivity index (χ3v) is 10.3. The predicted octanol–water partition coefficient (Wildman–Crippen LogP) is 6.92. The monoisotopic (exact) mass is 551 g/mol. The van der Waals surface area contributed by atoms with E-state index in [1.165, 1.54) is 50.3 Å². The number of hydrogen-bond acceptors (Lipinski definition) is 5. The smallest absolute Gasteiger partial charge is 0.238 e. The fourth-order valence-electron chi connectivity index (χ4n) is 7.53. The quantitative estimate of drug-likeness (QED) is 0.405. The van der Waals surface area contributed by atoms with E-state index in [2.05, 4.69) is 5.32 Å². The highest BCUT2D eigenvalue weighted by Crippen LogP contribution is 2.61. The average molecular weight is 552 g/mol. The van der Waals surface area contributed by atoms with Gasteiger partial charge in [0.2, 0.25) is 11.8 Å². The highest BCUT2D eigenvalue weighted by atomic mass is 35.5. The number of carbonyl (C=O) groups excluding carboxylic acids is 2. The molecule has 1 heterocycles. The number of carbonyl (C=O) groups is 2. The van der Waals surface area contributed by atoms with Gasteiger partial charge in [0.05, 0.1) is 12.8 Å². The van der Waals surface area contributed by atoms with E-state index in [9.17, 15) is 9.59 Å². The van der Waals surface area contributed by atoms with Gasteiger partial charge in [-0.1, -0.05) is 23.4 Å². The number of aliphatic imine (C=N–C) groups is 1. The summed E-state index contributed by atoms with van der Waals surface area (Å²) in [5.41, 5.74) is 1.76. The van der Waals surface area contributed by atoms with Crippen molar-refractivity contribution < 1.29 is 14.3 Å². The molecule has 2 aromatic rings. The number of nitrogens with zero attached hydrogens (tertiary/aromatic N) is 2. The molecular formula is C30H34ClN3O3S. The maximum absolute atomic E-state index is 13.5. The molecule has 0 spiro atoms. The topological polar surface area (TPSA) is 71.0 Å². The second-order valence-corrected chi connectivity index (χ2v) is 13.2. The highest BCUT2D eigenvalue weighted by molar-refractivity contribution is 8.15. The Labute approximate surface area is 233 Å². The van der Waals surface area contributed by atoms with E-state index >= 15 is 0 Å². The van der Waals surface area contributed by atoms with E-state index in [1.807, 2.05) is 17.0 Å². The summed E-state index contributed by atoms with van der Waals surface area (Å²) >= 11 is 7.47. The molecule has 4 aliphatic carbocycles. The number of halogens is 1. The Morgan fingerprint density at radius 2 is 1.68 bits per heavy atom. The zero-order valence-corrected chi connectivity index (χ0v) is 23.3. The van der Waals surface area contributed by atoms with E-state index < -0.39 is 5.25 Å². The molecule has 5 fully saturated rings. The molecule has 1 aliphatic heterocycles. The molecule has 0 aromatic heterocycles. The van der Waals surface area contributed by atoms with Gasteiger partial charge in [-0.2, -0.15) is 0 Å². The number of methoxy groups -OCH3 is 1. The number of thioether (sulfide) groups is 1. The number of rotatable bonds is 7. The Hall–Kier alpha value is -2.51. The summed E-state index contributed by atoms with van der Waals surface area (Å²) in [7, 11) is 1.61. The number of amidine groups is 1. The third-order valence-electron chi connectivity index (χ3n) is 8.87. The number of ether oxygens (including phenoxy) is 1. The highest BCUT2D eigenvalue weighted by Gasteiger charge is 2.51. The van der Waals surface area contributed by atoms with Gasteiger partial charge in [-0.15, -0.1) is 0 Å². The number of benzene rings is 2.